The molecular weight excluding hydrogens is 450 g/mol. The van der Waals surface area contributed by atoms with Gasteiger partial charge in [-0.15, -0.1) is 0 Å². The lowest BCUT2D eigenvalue weighted by atomic mass is 10.0. The van der Waals surface area contributed by atoms with Crippen LogP contribution in [0.2, 0.25) is 0 Å². The normalized spacial score (nSPS) is 14.2. The summed E-state index contributed by atoms with van der Waals surface area (Å²) in [7, 11) is 0. The van der Waals surface area contributed by atoms with Gasteiger partial charge in [0.15, 0.2) is 0 Å². The van der Waals surface area contributed by atoms with Gasteiger partial charge < -0.3 is 20.6 Å². The number of amides is 1. The minimum atomic E-state index is -0.746. The molecule has 0 fully saturated rings. The van der Waals surface area contributed by atoms with Crippen molar-refractivity contribution in [2.45, 2.75) is 173 Å². The average Bonchev–Trinajstić information content (AvgIpc) is 2.86. The van der Waals surface area contributed by atoms with Crippen LogP contribution in [0.25, 0.3) is 0 Å². The zero-order valence-corrected chi connectivity index (χ0v) is 23.9. The van der Waals surface area contributed by atoms with E-state index in [0.29, 0.717) is 12.8 Å². The maximum absolute atomic E-state index is 12.3. The molecule has 0 saturated heterocycles. The smallest absolute Gasteiger partial charge is 0.222 e. The third kappa shape index (κ3) is 23.5. The molecule has 0 aromatic heterocycles. The summed E-state index contributed by atoms with van der Waals surface area (Å²) in [6.45, 7) is 4.17. The number of rotatable bonds is 27. The van der Waals surface area contributed by atoms with Gasteiger partial charge in [0.2, 0.25) is 5.91 Å². The van der Waals surface area contributed by atoms with Crippen LogP contribution in [0.4, 0.5) is 0 Å². The van der Waals surface area contributed by atoms with Crippen molar-refractivity contribution in [1.29, 1.82) is 0 Å². The Labute approximate surface area is 223 Å². The topological polar surface area (TPSA) is 89.8 Å². The van der Waals surface area contributed by atoms with Gasteiger partial charge in [-0.3, -0.25) is 4.79 Å². The summed E-state index contributed by atoms with van der Waals surface area (Å²) >= 11 is 0. The maximum atomic E-state index is 12.3. The molecule has 3 unspecified atom stereocenters. The van der Waals surface area contributed by atoms with Gasteiger partial charge in [-0.05, 0) is 32.1 Å². The summed E-state index contributed by atoms with van der Waals surface area (Å²) in [6.07, 6.45) is 27.3. The van der Waals surface area contributed by atoms with Crippen molar-refractivity contribution in [3.05, 3.63) is 12.2 Å². The van der Waals surface area contributed by atoms with Crippen LogP contribution in [0, 0.1) is 0 Å². The van der Waals surface area contributed by atoms with Crippen LogP contribution in [0.5, 0.6) is 0 Å². The van der Waals surface area contributed by atoms with Crippen LogP contribution >= 0.6 is 0 Å². The third-order valence-electron chi connectivity index (χ3n) is 7.08. The zero-order chi connectivity index (χ0) is 26.7. The predicted molar refractivity (Wildman–Crippen MR) is 153 cm³/mol. The Morgan fingerprint density at radius 1 is 0.667 bits per heavy atom. The SMILES string of the molecule is CCCC/C=C\CCCCCC(O)CC(=O)NC(CO)C(O)CCCCCCCCCCCCCC. The lowest BCUT2D eigenvalue weighted by Crippen LogP contribution is -2.46. The van der Waals surface area contributed by atoms with E-state index in [1.54, 1.807) is 0 Å². The first-order chi connectivity index (χ1) is 17.5. The fourth-order valence-corrected chi connectivity index (χ4v) is 4.62. The van der Waals surface area contributed by atoms with Gasteiger partial charge in [0.25, 0.3) is 0 Å². The molecule has 36 heavy (non-hydrogen) atoms. The zero-order valence-electron chi connectivity index (χ0n) is 23.9. The second-order valence-electron chi connectivity index (χ2n) is 10.7. The number of aliphatic hydroxyl groups is 3. The van der Waals surface area contributed by atoms with E-state index in [9.17, 15) is 20.1 Å². The van der Waals surface area contributed by atoms with E-state index in [2.05, 4.69) is 31.3 Å². The molecule has 0 aromatic rings. The van der Waals surface area contributed by atoms with E-state index >= 15 is 0 Å². The summed E-state index contributed by atoms with van der Waals surface area (Å²) < 4.78 is 0. The molecule has 5 heteroatoms. The Morgan fingerprint density at radius 3 is 1.69 bits per heavy atom. The molecule has 3 atom stereocenters. The Kier molecular flexibility index (Phi) is 26.4. The van der Waals surface area contributed by atoms with Crippen molar-refractivity contribution in [2.24, 2.45) is 0 Å². The number of carbonyl (C=O) groups excluding carboxylic acids is 1. The molecule has 4 N–H and O–H groups in total. The van der Waals surface area contributed by atoms with Crippen LogP contribution < -0.4 is 5.32 Å². The molecule has 0 heterocycles. The van der Waals surface area contributed by atoms with Gasteiger partial charge in [0.05, 0.1) is 31.3 Å². The molecule has 0 saturated carbocycles. The molecule has 0 bridgehead atoms. The fourth-order valence-electron chi connectivity index (χ4n) is 4.62. The molecular formula is C31H61NO4. The second kappa shape index (κ2) is 27.1. The monoisotopic (exact) mass is 511 g/mol. The number of hydrogen-bond donors (Lipinski definition) is 4. The number of unbranched alkanes of at least 4 members (excludes halogenated alkanes) is 16. The van der Waals surface area contributed by atoms with E-state index in [0.717, 1.165) is 44.9 Å². The highest BCUT2D eigenvalue weighted by Gasteiger charge is 2.21. The first-order valence-corrected chi connectivity index (χ1v) is 15.5. The minimum absolute atomic E-state index is 0.0265. The van der Waals surface area contributed by atoms with Crippen LogP contribution in [-0.4, -0.2) is 46.1 Å². The minimum Gasteiger partial charge on any atom is -0.394 e. The average molecular weight is 512 g/mol. The lowest BCUT2D eigenvalue weighted by Gasteiger charge is -2.23. The van der Waals surface area contributed by atoms with Crippen molar-refractivity contribution in [1.82, 2.24) is 5.32 Å². The molecule has 5 nitrogen and oxygen atoms in total. The van der Waals surface area contributed by atoms with E-state index < -0.39 is 18.2 Å². The summed E-state index contributed by atoms with van der Waals surface area (Å²) in [6, 6.07) is -0.656. The van der Waals surface area contributed by atoms with Gasteiger partial charge in [-0.1, -0.05) is 129 Å². The molecule has 214 valence electrons. The van der Waals surface area contributed by atoms with Crippen LogP contribution in [0.1, 0.15) is 155 Å². The summed E-state index contributed by atoms with van der Waals surface area (Å²) in [5.41, 5.74) is 0. The maximum Gasteiger partial charge on any atom is 0.222 e. The highest BCUT2D eigenvalue weighted by molar-refractivity contribution is 5.76. The molecule has 0 radical (unpaired) electrons. The Bertz CT molecular complexity index is 497. The van der Waals surface area contributed by atoms with Gasteiger partial charge in [-0.2, -0.15) is 0 Å². The lowest BCUT2D eigenvalue weighted by molar-refractivity contribution is -0.125. The van der Waals surface area contributed by atoms with E-state index in [4.69, 9.17) is 0 Å². The molecule has 0 aliphatic heterocycles. The van der Waals surface area contributed by atoms with E-state index in [-0.39, 0.29) is 18.9 Å². The number of aliphatic hydroxyl groups excluding tert-OH is 3. The molecule has 0 aliphatic rings. The van der Waals surface area contributed by atoms with Gasteiger partial charge in [0, 0.05) is 0 Å². The standard InChI is InChI=1S/C31H61NO4/c1-3-5-7-9-11-13-14-15-17-19-21-23-25-30(35)29(27-33)32-31(36)26-28(34)24-22-20-18-16-12-10-8-6-4-2/h10,12,28-30,33-35H,3-9,11,13-27H2,1-2H3,(H,32,36)/b12-10-. The highest BCUT2D eigenvalue weighted by Crippen LogP contribution is 2.14. The largest absolute Gasteiger partial charge is 0.394 e. The number of allylic oxidation sites excluding steroid dienone is 2. The number of nitrogens with one attached hydrogen (secondary N) is 1. The number of carbonyl (C=O) groups is 1. The van der Waals surface area contributed by atoms with Gasteiger partial charge >= 0.3 is 0 Å². The molecule has 0 spiro atoms. The third-order valence-corrected chi connectivity index (χ3v) is 7.08. The van der Waals surface area contributed by atoms with Gasteiger partial charge in [-0.25, -0.2) is 0 Å². The van der Waals surface area contributed by atoms with Crippen LogP contribution in [0.15, 0.2) is 12.2 Å². The summed E-state index contributed by atoms with van der Waals surface area (Å²) in [4.78, 5) is 12.3. The number of hydrogen-bond acceptors (Lipinski definition) is 4. The fraction of sp³-hybridized carbons (Fsp3) is 0.903. The predicted octanol–water partition coefficient (Wildman–Crippen LogP) is 7.36. The summed E-state index contributed by atoms with van der Waals surface area (Å²) in [5, 5.41) is 32.9. The molecule has 1 amide bonds. The Hall–Kier alpha value is -0.910. The Balaban J connectivity index is 3.76. The van der Waals surface area contributed by atoms with Crippen molar-refractivity contribution < 1.29 is 20.1 Å². The molecule has 0 rings (SSSR count). The quantitative estimate of drug-likeness (QED) is 0.0685. The summed E-state index contributed by atoms with van der Waals surface area (Å²) in [5.74, 6) is -0.297. The Morgan fingerprint density at radius 2 is 1.14 bits per heavy atom. The van der Waals surface area contributed by atoms with Crippen molar-refractivity contribution in [3.63, 3.8) is 0 Å². The first-order valence-electron chi connectivity index (χ1n) is 15.5. The van der Waals surface area contributed by atoms with Crippen LogP contribution in [0.3, 0.4) is 0 Å². The van der Waals surface area contributed by atoms with Crippen molar-refractivity contribution in [2.75, 3.05) is 6.61 Å². The molecule has 0 aliphatic carbocycles. The van der Waals surface area contributed by atoms with Crippen molar-refractivity contribution in [3.8, 4) is 0 Å². The highest BCUT2D eigenvalue weighted by atomic mass is 16.3. The van der Waals surface area contributed by atoms with Gasteiger partial charge in [0.1, 0.15) is 0 Å². The van der Waals surface area contributed by atoms with Crippen LogP contribution in [-0.2, 0) is 4.79 Å². The molecule has 0 aromatic carbocycles. The van der Waals surface area contributed by atoms with Crippen molar-refractivity contribution >= 4 is 5.91 Å². The second-order valence-corrected chi connectivity index (χ2v) is 10.7. The first kappa shape index (κ1) is 35.1. The van der Waals surface area contributed by atoms with E-state index in [1.165, 1.54) is 77.0 Å². The van der Waals surface area contributed by atoms with E-state index in [1.807, 2.05) is 0 Å².